The molecule has 1 rings (SSSR count). The monoisotopic (exact) mass is 543 g/mol. The lowest BCUT2D eigenvalue weighted by molar-refractivity contribution is 0.251. The van der Waals surface area contributed by atoms with Gasteiger partial charge in [0, 0.05) is 19.0 Å². The largest absolute Gasteiger partial charge is 0.490 e. The second-order valence-corrected chi connectivity index (χ2v) is 8.47. The molecular formula is C28H38ClN5O2S. The minimum Gasteiger partial charge on any atom is -0.490 e. The maximum absolute atomic E-state index is 9.67. The number of nitriles is 1. The fraction of sp³-hybridized carbons (Fsp3) is 0.393. The summed E-state index contributed by atoms with van der Waals surface area (Å²) < 4.78 is 14.8. The fourth-order valence-electron chi connectivity index (χ4n) is 3.06. The molecule has 0 spiro atoms. The highest BCUT2D eigenvalue weighted by Gasteiger charge is 2.12. The van der Waals surface area contributed by atoms with Gasteiger partial charge in [-0.2, -0.15) is 5.26 Å². The van der Waals surface area contributed by atoms with E-state index >= 15 is 0 Å². The minimum absolute atomic E-state index is 0.197. The van der Waals surface area contributed by atoms with Gasteiger partial charge < -0.3 is 19.1 Å². The van der Waals surface area contributed by atoms with Crippen molar-refractivity contribution in [1.29, 1.82) is 5.26 Å². The van der Waals surface area contributed by atoms with Gasteiger partial charge in [0.1, 0.15) is 36.7 Å². The van der Waals surface area contributed by atoms with Gasteiger partial charge in [-0.1, -0.05) is 31.9 Å². The predicted octanol–water partition coefficient (Wildman–Crippen LogP) is 7.01. The van der Waals surface area contributed by atoms with Gasteiger partial charge in [0.2, 0.25) is 0 Å². The van der Waals surface area contributed by atoms with Crippen molar-refractivity contribution in [2.45, 2.75) is 40.5 Å². The molecular weight excluding hydrogens is 506 g/mol. The standard InChI is InChI=1S/C28H38ClN5O2S/c1-7-11-22(31-27(12-8-2)33-37-6)21-36-24-16-14-23(15-17-24)34(5)28(13-9-3)32-25(20-30)26(10-4)35-19-18-29/h7,10-17,33H,8-9,18-19,21H2,1-6H3/b11-7-,26-10+,27-12-,28-13-,31-22+,32-25-. The molecule has 0 saturated heterocycles. The van der Waals surface area contributed by atoms with Gasteiger partial charge in [-0.15, -0.1) is 11.6 Å². The number of anilines is 1. The molecule has 1 N–H and O–H groups in total. The zero-order valence-corrected chi connectivity index (χ0v) is 24.2. The van der Waals surface area contributed by atoms with Crippen molar-refractivity contribution >= 4 is 40.7 Å². The Morgan fingerprint density at radius 3 is 2.41 bits per heavy atom. The van der Waals surface area contributed by atoms with Crippen molar-refractivity contribution in [3.63, 3.8) is 0 Å². The molecule has 0 aliphatic heterocycles. The number of hydrogen-bond acceptors (Lipinski definition) is 8. The summed E-state index contributed by atoms with van der Waals surface area (Å²) in [5, 5.41) is 9.67. The number of rotatable bonds is 16. The van der Waals surface area contributed by atoms with Crippen LogP contribution in [0.5, 0.6) is 5.75 Å². The average Bonchev–Trinajstić information content (AvgIpc) is 2.91. The molecule has 0 atom stereocenters. The van der Waals surface area contributed by atoms with E-state index in [1.807, 2.05) is 80.6 Å². The van der Waals surface area contributed by atoms with E-state index in [9.17, 15) is 5.26 Å². The number of aliphatic imine (C=N–C) groups is 2. The van der Waals surface area contributed by atoms with Gasteiger partial charge in [-0.3, -0.25) is 0 Å². The first kappa shape index (κ1) is 31.9. The van der Waals surface area contributed by atoms with Crippen LogP contribution in [0.3, 0.4) is 0 Å². The Balaban J connectivity index is 3.08. The molecule has 1 aromatic carbocycles. The summed E-state index contributed by atoms with van der Waals surface area (Å²) in [7, 11) is 1.90. The van der Waals surface area contributed by atoms with Crippen LogP contribution in [0, 0.1) is 11.3 Å². The van der Waals surface area contributed by atoms with Gasteiger partial charge in [0.25, 0.3) is 0 Å². The van der Waals surface area contributed by atoms with Crippen molar-refractivity contribution in [3.8, 4) is 11.8 Å². The topological polar surface area (TPSA) is 82.2 Å². The van der Waals surface area contributed by atoms with E-state index in [4.69, 9.17) is 21.1 Å². The molecule has 200 valence electrons. The van der Waals surface area contributed by atoms with Gasteiger partial charge in [0.05, 0.1) is 11.6 Å². The quantitative estimate of drug-likeness (QED) is 0.104. The van der Waals surface area contributed by atoms with Gasteiger partial charge in [-0.25, -0.2) is 9.98 Å². The molecule has 1 aromatic rings. The highest BCUT2D eigenvalue weighted by molar-refractivity contribution is 7.96. The van der Waals surface area contributed by atoms with E-state index in [0.29, 0.717) is 30.7 Å². The van der Waals surface area contributed by atoms with Gasteiger partial charge in [0.15, 0.2) is 11.5 Å². The number of hydrogen-bond donors (Lipinski definition) is 1. The number of allylic oxidation sites excluding steroid dienone is 5. The average molecular weight is 544 g/mol. The van der Waals surface area contributed by atoms with Crippen LogP contribution < -0.4 is 14.4 Å². The highest BCUT2D eigenvalue weighted by atomic mass is 35.5. The van der Waals surface area contributed by atoms with Crippen LogP contribution in [0.15, 0.2) is 82.0 Å². The SMILES string of the molecule is C\C=C/C(COc1ccc(N(C)C(=C\CC)/N=C(C#N)\C(=C/C)OCCCl)cc1)=N\C(=C\CC)NSC. The van der Waals surface area contributed by atoms with E-state index < -0.39 is 0 Å². The summed E-state index contributed by atoms with van der Waals surface area (Å²) in [6, 6.07) is 9.84. The molecule has 7 nitrogen and oxygen atoms in total. The molecule has 0 amide bonds. The minimum atomic E-state index is 0.197. The summed E-state index contributed by atoms with van der Waals surface area (Å²) in [6.45, 7) is 8.49. The third-order valence-electron chi connectivity index (χ3n) is 4.73. The number of nitrogens with one attached hydrogen (secondary N) is 1. The Labute approximate surface area is 231 Å². The second-order valence-electron chi connectivity index (χ2n) is 7.48. The fourth-order valence-corrected chi connectivity index (χ4v) is 3.47. The summed E-state index contributed by atoms with van der Waals surface area (Å²) >= 11 is 7.23. The smallest absolute Gasteiger partial charge is 0.184 e. The molecule has 0 heterocycles. The molecule has 0 unspecified atom stereocenters. The van der Waals surface area contributed by atoms with Crippen LogP contribution in [0.1, 0.15) is 40.5 Å². The molecule has 0 fully saturated rings. The molecule has 0 aliphatic carbocycles. The zero-order valence-electron chi connectivity index (χ0n) is 22.6. The summed E-state index contributed by atoms with van der Waals surface area (Å²) in [5.74, 6) is 2.91. The normalized spacial score (nSPS) is 13.5. The molecule has 9 heteroatoms. The lowest BCUT2D eigenvalue weighted by atomic mass is 10.2. The first-order valence-corrected chi connectivity index (χ1v) is 13.9. The first-order valence-electron chi connectivity index (χ1n) is 12.2. The van der Waals surface area contributed by atoms with E-state index in [-0.39, 0.29) is 5.71 Å². The Morgan fingerprint density at radius 1 is 1.16 bits per heavy atom. The lowest BCUT2D eigenvalue weighted by Gasteiger charge is -2.21. The number of benzene rings is 1. The maximum Gasteiger partial charge on any atom is 0.184 e. The van der Waals surface area contributed by atoms with Crippen molar-refractivity contribution < 1.29 is 9.47 Å². The van der Waals surface area contributed by atoms with Crippen molar-refractivity contribution in [3.05, 3.63) is 72.0 Å². The third-order valence-corrected chi connectivity index (χ3v) is 5.30. The van der Waals surface area contributed by atoms with Crippen LogP contribution in [0.25, 0.3) is 0 Å². The summed E-state index contributed by atoms with van der Waals surface area (Å²) in [5.41, 5.74) is 1.91. The molecule has 0 aliphatic rings. The summed E-state index contributed by atoms with van der Waals surface area (Å²) in [6.07, 6.45) is 13.2. The van der Waals surface area contributed by atoms with E-state index in [2.05, 4.69) is 27.7 Å². The van der Waals surface area contributed by atoms with Crippen molar-refractivity contribution in [2.24, 2.45) is 9.98 Å². The molecule has 0 bridgehead atoms. The van der Waals surface area contributed by atoms with Crippen LogP contribution in [0.4, 0.5) is 5.69 Å². The Morgan fingerprint density at radius 2 is 1.86 bits per heavy atom. The molecule has 0 radical (unpaired) electrons. The zero-order chi connectivity index (χ0) is 27.5. The Kier molecular flexibility index (Phi) is 16.4. The molecule has 0 saturated carbocycles. The van der Waals surface area contributed by atoms with E-state index in [1.54, 1.807) is 13.0 Å². The lowest BCUT2D eigenvalue weighted by Crippen LogP contribution is -2.17. The Hall–Kier alpha value is -3.15. The maximum atomic E-state index is 9.67. The van der Waals surface area contributed by atoms with Crippen molar-refractivity contribution in [1.82, 2.24) is 4.72 Å². The highest BCUT2D eigenvalue weighted by Crippen LogP contribution is 2.23. The van der Waals surface area contributed by atoms with Crippen LogP contribution in [-0.4, -0.2) is 43.8 Å². The van der Waals surface area contributed by atoms with Crippen LogP contribution >= 0.6 is 23.5 Å². The summed E-state index contributed by atoms with van der Waals surface area (Å²) in [4.78, 5) is 11.2. The number of alkyl halides is 1. The van der Waals surface area contributed by atoms with Gasteiger partial charge in [-0.05, 0) is 75.3 Å². The Bertz CT molecular complexity index is 1050. The number of ether oxygens (including phenoxy) is 2. The predicted molar refractivity (Wildman–Crippen MR) is 159 cm³/mol. The second kappa shape index (κ2) is 19.0. The first-order chi connectivity index (χ1) is 18.0. The molecule has 0 aromatic heterocycles. The van der Waals surface area contributed by atoms with Gasteiger partial charge >= 0.3 is 0 Å². The van der Waals surface area contributed by atoms with Crippen molar-refractivity contribution in [2.75, 3.05) is 37.3 Å². The van der Waals surface area contributed by atoms with Crippen LogP contribution in [-0.2, 0) is 4.74 Å². The number of halogens is 1. The van der Waals surface area contributed by atoms with Crippen LogP contribution in [0.2, 0.25) is 0 Å². The molecule has 37 heavy (non-hydrogen) atoms. The third kappa shape index (κ3) is 11.6. The number of nitrogens with zero attached hydrogens (tertiary/aromatic N) is 4. The van der Waals surface area contributed by atoms with E-state index in [1.165, 1.54) is 11.9 Å². The van der Waals surface area contributed by atoms with E-state index in [0.717, 1.165) is 35.8 Å².